The molecule has 2 atom stereocenters. The largest absolute Gasteiger partial charge is 0.480 e. The Hall–Kier alpha value is -2.41. The topological polar surface area (TPSA) is 119 Å². The number of esters is 1. The summed E-state index contributed by atoms with van der Waals surface area (Å²) in [5.74, 6) is -1.29. The number of hydrogen-bond acceptors (Lipinski definition) is 5. The minimum absolute atomic E-state index is 0.0795. The summed E-state index contributed by atoms with van der Waals surface area (Å²) in [5, 5.41) is 11.9. The lowest BCUT2D eigenvalue weighted by atomic mass is 10.0. The summed E-state index contributed by atoms with van der Waals surface area (Å²) in [6.07, 6.45) is 52.4. The van der Waals surface area contributed by atoms with E-state index in [2.05, 4.69) is 55.6 Å². The third-order valence-electron chi connectivity index (χ3n) is 10.7. The van der Waals surface area contributed by atoms with Gasteiger partial charge in [0.2, 0.25) is 5.91 Å². The van der Waals surface area contributed by atoms with Crippen LogP contribution in [0.5, 0.6) is 0 Å². The summed E-state index contributed by atoms with van der Waals surface area (Å²) < 4.78 is 5.94. The van der Waals surface area contributed by atoms with Crippen LogP contribution >= 0.6 is 0 Å². The van der Waals surface area contributed by atoms with E-state index < -0.39 is 12.0 Å². The molecule has 326 valence electrons. The van der Waals surface area contributed by atoms with Crippen LogP contribution in [0, 0.1) is 0 Å². The maximum atomic E-state index is 12.8. The molecule has 0 radical (unpaired) electrons. The number of nitrogens with one attached hydrogen (secondary N) is 1. The Kier molecular flexibility index (Phi) is 41.8. The molecule has 7 heteroatoms. The molecule has 1 amide bonds. The summed E-state index contributed by atoms with van der Waals surface area (Å²) in [6, 6.07) is -0.857. The minimum atomic E-state index is -1.01. The highest BCUT2D eigenvalue weighted by Gasteiger charge is 2.18. The van der Waals surface area contributed by atoms with E-state index in [0.717, 1.165) is 77.0 Å². The Morgan fingerprint density at radius 3 is 1.43 bits per heavy atom. The van der Waals surface area contributed by atoms with Gasteiger partial charge < -0.3 is 20.9 Å². The maximum absolute atomic E-state index is 12.8. The molecular formula is C49H90N2O5. The van der Waals surface area contributed by atoms with Gasteiger partial charge in [-0.2, -0.15) is 0 Å². The highest BCUT2D eigenvalue weighted by molar-refractivity contribution is 5.83. The van der Waals surface area contributed by atoms with E-state index in [1.54, 1.807) is 0 Å². The standard InChI is InChI=1S/C49H90N2O5/c1-3-5-7-9-11-13-14-15-16-17-18-19-20-21-22-23-24-25-27-33-37-43-48(53)56-45(39-34-30-26-12-10-8-6-4-2)40-35-31-28-29-32-36-42-47(52)51-46(49(54)55)41-38-44-50/h6,8,12,26,34,39,45-46H,3-5,7,9-11,13-25,27-33,35-38,40-44,50H2,1-2H3,(H,51,52)(H,54,55)/b8-6-,26-12-,39-34-. The average Bonchev–Trinajstić information content (AvgIpc) is 3.18. The van der Waals surface area contributed by atoms with Gasteiger partial charge >= 0.3 is 11.9 Å². The van der Waals surface area contributed by atoms with Crippen molar-refractivity contribution in [2.75, 3.05) is 6.54 Å². The first kappa shape index (κ1) is 53.6. The molecule has 2 unspecified atom stereocenters. The van der Waals surface area contributed by atoms with Crippen LogP contribution in [0.2, 0.25) is 0 Å². The monoisotopic (exact) mass is 787 g/mol. The van der Waals surface area contributed by atoms with Gasteiger partial charge in [0.1, 0.15) is 12.1 Å². The summed E-state index contributed by atoms with van der Waals surface area (Å²) in [6.45, 7) is 4.84. The molecule has 0 aliphatic rings. The molecule has 0 aromatic heterocycles. The fraction of sp³-hybridized carbons (Fsp3) is 0.816. The molecule has 0 bridgehead atoms. The van der Waals surface area contributed by atoms with Gasteiger partial charge in [0, 0.05) is 12.8 Å². The van der Waals surface area contributed by atoms with E-state index in [1.807, 2.05) is 0 Å². The van der Waals surface area contributed by atoms with E-state index in [4.69, 9.17) is 10.5 Å². The first-order chi connectivity index (χ1) is 27.4. The molecule has 0 fully saturated rings. The number of amides is 1. The zero-order chi connectivity index (χ0) is 41.0. The van der Waals surface area contributed by atoms with Crippen LogP contribution < -0.4 is 11.1 Å². The number of allylic oxidation sites excluding steroid dienone is 5. The maximum Gasteiger partial charge on any atom is 0.326 e. The normalized spacial score (nSPS) is 12.9. The Morgan fingerprint density at radius 2 is 0.964 bits per heavy atom. The van der Waals surface area contributed by atoms with E-state index in [1.165, 1.54) is 122 Å². The smallest absolute Gasteiger partial charge is 0.326 e. The van der Waals surface area contributed by atoms with Gasteiger partial charge in [-0.05, 0) is 70.4 Å². The highest BCUT2D eigenvalue weighted by atomic mass is 16.5. The third kappa shape index (κ3) is 39.8. The predicted octanol–water partition coefficient (Wildman–Crippen LogP) is 13.8. The second kappa shape index (κ2) is 43.7. The number of carboxylic acid groups (broad SMARTS) is 1. The number of carbonyl (C=O) groups excluding carboxylic acids is 2. The van der Waals surface area contributed by atoms with Gasteiger partial charge in [0.15, 0.2) is 0 Å². The number of rotatable bonds is 43. The minimum Gasteiger partial charge on any atom is -0.480 e. The van der Waals surface area contributed by atoms with Crippen LogP contribution in [0.4, 0.5) is 0 Å². The molecule has 4 N–H and O–H groups in total. The summed E-state index contributed by atoms with van der Waals surface area (Å²) in [5.41, 5.74) is 5.48. The number of hydrogen-bond donors (Lipinski definition) is 3. The highest BCUT2D eigenvalue weighted by Crippen LogP contribution is 2.17. The Balaban J connectivity index is 4.11. The van der Waals surface area contributed by atoms with Gasteiger partial charge in [-0.3, -0.25) is 9.59 Å². The molecule has 0 heterocycles. The van der Waals surface area contributed by atoms with Crippen molar-refractivity contribution in [3.05, 3.63) is 36.5 Å². The molecule has 0 aromatic rings. The lowest BCUT2D eigenvalue weighted by Gasteiger charge is -2.15. The number of nitrogens with two attached hydrogens (primary N) is 1. The van der Waals surface area contributed by atoms with Crippen LogP contribution in [-0.4, -0.2) is 41.6 Å². The van der Waals surface area contributed by atoms with Crippen molar-refractivity contribution in [2.45, 2.75) is 251 Å². The van der Waals surface area contributed by atoms with Gasteiger partial charge in [-0.25, -0.2) is 4.79 Å². The number of ether oxygens (including phenoxy) is 1. The Bertz CT molecular complexity index is 978. The number of carboxylic acids is 1. The van der Waals surface area contributed by atoms with E-state index in [0.29, 0.717) is 32.2 Å². The van der Waals surface area contributed by atoms with Gasteiger partial charge in [0.25, 0.3) is 0 Å². The molecule has 56 heavy (non-hydrogen) atoms. The van der Waals surface area contributed by atoms with Crippen LogP contribution in [-0.2, 0) is 19.1 Å². The second-order valence-corrected chi connectivity index (χ2v) is 16.1. The number of unbranched alkanes of at least 4 members (excludes halogenated alkanes) is 25. The van der Waals surface area contributed by atoms with Crippen molar-refractivity contribution >= 4 is 17.8 Å². The molecule has 0 aliphatic heterocycles. The average molecular weight is 787 g/mol. The van der Waals surface area contributed by atoms with Crippen LogP contribution in [0.1, 0.15) is 239 Å². The van der Waals surface area contributed by atoms with Crippen molar-refractivity contribution in [1.82, 2.24) is 5.32 Å². The molecular weight excluding hydrogens is 697 g/mol. The lowest BCUT2D eigenvalue weighted by Crippen LogP contribution is -2.40. The molecule has 0 saturated heterocycles. The lowest BCUT2D eigenvalue weighted by molar-refractivity contribution is -0.147. The quantitative estimate of drug-likeness (QED) is 0.0322. The molecule has 0 rings (SSSR count). The van der Waals surface area contributed by atoms with Crippen molar-refractivity contribution < 1.29 is 24.2 Å². The number of aliphatic carboxylic acids is 1. The van der Waals surface area contributed by atoms with E-state index in [9.17, 15) is 19.5 Å². The van der Waals surface area contributed by atoms with E-state index >= 15 is 0 Å². The van der Waals surface area contributed by atoms with Crippen LogP contribution in [0.15, 0.2) is 36.5 Å². The molecule has 0 aliphatic carbocycles. The van der Waals surface area contributed by atoms with Crippen molar-refractivity contribution in [3.8, 4) is 0 Å². The van der Waals surface area contributed by atoms with Crippen molar-refractivity contribution in [2.24, 2.45) is 5.73 Å². The Labute approximate surface area is 345 Å². The van der Waals surface area contributed by atoms with Crippen LogP contribution in [0.3, 0.4) is 0 Å². The first-order valence-corrected chi connectivity index (χ1v) is 23.8. The third-order valence-corrected chi connectivity index (χ3v) is 10.7. The van der Waals surface area contributed by atoms with Gasteiger partial charge in [-0.15, -0.1) is 0 Å². The van der Waals surface area contributed by atoms with Crippen molar-refractivity contribution in [1.29, 1.82) is 0 Å². The fourth-order valence-electron chi connectivity index (χ4n) is 7.15. The zero-order valence-electron chi connectivity index (χ0n) is 36.7. The SMILES string of the molecule is CC/C=C\C/C=C\C/C=C\C(CCCCCCCCC(=O)NC(CCCN)C(=O)O)OC(=O)CCCCCCCCCCCCCCCCCCCCCCC. The molecule has 0 saturated carbocycles. The predicted molar refractivity (Wildman–Crippen MR) is 239 cm³/mol. The van der Waals surface area contributed by atoms with Gasteiger partial charge in [-0.1, -0.05) is 198 Å². The van der Waals surface area contributed by atoms with Gasteiger partial charge in [0.05, 0.1) is 0 Å². The summed E-state index contributed by atoms with van der Waals surface area (Å²) >= 11 is 0. The number of carbonyl (C=O) groups is 3. The van der Waals surface area contributed by atoms with Crippen molar-refractivity contribution in [3.63, 3.8) is 0 Å². The molecule has 0 aromatic carbocycles. The Morgan fingerprint density at radius 1 is 0.536 bits per heavy atom. The molecule has 0 spiro atoms. The van der Waals surface area contributed by atoms with E-state index in [-0.39, 0.29) is 18.0 Å². The summed E-state index contributed by atoms with van der Waals surface area (Å²) in [7, 11) is 0. The van der Waals surface area contributed by atoms with Crippen LogP contribution in [0.25, 0.3) is 0 Å². The summed E-state index contributed by atoms with van der Waals surface area (Å²) in [4.78, 5) is 36.3. The fourth-order valence-corrected chi connectivity index (χ4v) is 7.15. The second-order valence-electron chi connectivity index (χ2n) is 16.1. The molecule has 7 nitrogen and oxygen atoms in total. The zero-order valence-corrected chi connectivity index (χ0v) is 36.7. The first-order valence-electron chi connectivity index (χ1n) is 23.8.